The lowest BCUT2D eigenvalue weighted by Crippen LogP contribution is -2.14. The molecule has 0 aliphatic carbocycles. The van der Waals surface area contributed by atoms with E-state index in [0.29, 0.717) is 10.7 Å². The summed E-state index contributed by atoms with van der Waals surface area (Å²) in [5, 5.41) is 15.6. The van der Waals surface area contributed by atoms with Crippen molar-refractivity contribution in [3.63, 3.8) is 0 Å². The molecule has 0 aliphatic rings. The number of benzene rings is 1. The van der Waals surface area contributed by atoms with Crippen LogP contribution in [0.3, 0.4) is 0 Å². The van der Waals surface area contributed by atoms with Crippen molar-refractivity contribution in [1.82, 2.24) is 9.78 Å². The highest BCUT2D eigenvalue weighted by molar-refractivity contribution is 6.31. The Balaban J connectivity index is 1.96. The minimum atomic E-state index is -0.998. The summed E-state index contributed by atoms with van der Waals surface area (Å²) in [6, 6.07) is 7.09. The standard InChI is InChI=1S/C13H12ClN3O3/c14-11-4-2-1-3-9(11)5-12(18)16-10-6-15-17(7-10)8-13(19)20/h1-4,6-7H,5,8H2,(H,16,18)(H,19,20). The predicted octanol–water partition coefficient (Wildman–Crippen LogP) is 1.80. The zero-order chi connectivity index (χ0) is 14.5. The molecule has 20 heavy (non-hydrogen) atoms. The third-order valence-corrected chi connectivity index (χ3v) is 2.89. The van der Waals surface area contributed by atoms with E-state index in [1.54, 1.807) is 24.3 Å². The van der Waals surface area contributed by atoms with Crippen LogP contribution in [-0.2, 0) is 22.6 Å². The molecule has 1 heterocycles. The average Bonchev–Trinajstić information content (AvgIpc) is 2.78. The average molecular weight is 294 g/mol. The molecule has 0 saturated heterocycles. The molecule has 0 radical (unpaired) electrons. The molecule has 1 aromatic carbocycles. The van der Waals surface area contributed by atoms with Crippen molar-refractivity contribution in [3.05, 3.63) is 47.2 Å². The van der Waals surface area contributed by atoms with Gasteiger partial charge in [0.1, 0.15) is 6.54 Å². The molecule has 6 nitrogen and oxygen atoms in total. The fourth-order valence-electron chi connectivity index (χ4n) is 1.67. The number of carboxylic acids is 1. The number of carboxylic acid groups (broad SMARTS) is 1. The number of hydrogen-bond donors (Lipinski definition) is 2. The molecule has 0 saturated carbocycles. The van der Waals surface area contributed by atoms with Gasteiger partial charge in [-0.3, -0.25) is 14.3 Å². The molecule has 2 N–H and O–H groups in total. The number of amides is 1. The van der Waals surface area contributed by atoms with Crippen molar-refractivity contribution in [2.75, 3.05) is 5.32 Å². The van der Waals surface area contributed by atoms with E-state index < -0.39 is 5.97 Å². The molecule has 1 aromatic heterocycles. The van der Waals surface area contributed by atoms with Crippen LogP contribution in [0.15, 0.2) is 36.7 Å². The number of hydrogen-bond acceptors (Lipinski definition) is 3. The van der Waals surface area contributed by atoms with Crippen LogP contribution in [0, 0.1) is 0 Å². The molecule has 7 heteroatoms. The SMILES string of the molecule is O=C(O)Cn1cc(NC(=O)Cc2ccccc2Cl)cn1. The van der Waals surface area contributed by atoms with Gasteiger partial charge in [-0.2, -0.15) is 5.10 Å². The zero-order valence-corrected chi connectivity index (χ0v) is 11.2. The Labute approximate surface area is 120 Å². The van der Waals surface area contributed by atoms with Crippen LogP contribution >= 0.6 is 11.6 Å². The molecule has 0 unspecified atom stereocenters. The largest absolute Gasteiger partial charge is 0.480 e. The first kappa shape index (κ1) is 14.1. The summed E-state index contributed by atoms with van der Waals surface area (Å²) >= 11 is 5.97. The lowest BCUT2D eigenvalue weighted by Gasteiger charge is -2.04. The van der Waals surface area contributed by atoms with Gasteiger partial charge in [-0.15, -0.1) is 0 Å². The van der Waals surface area contributed by atoms with Crippen molar-refractivity contribution < 1.29 is 14.7 Å². The molecule has 2 rings (SSSR count). The van der Waals surface area contributed by atoms with E-state index in [2.05, 4.69) is 10.4 Å². The van der Waals surface area contributed by atoms with Crippen molar-refractivity contribution in [2.45, 2.75) is 13.0 Å². The molecule has 0 aliphatic heterocycles. The smallest absolute Gasteiger partial charge is 0.325 e. The van der Waals surface area contributed by atoms with Crippen LogP contribution in [0.2, 0.25) is 5.02 Å². The highest BCUT2D eigenvalue weighted by Gasteiger charge is 2.09. The van der Waals surface area contributed by atoms with Gasteiger partial charge in [0.05, 0.1) is 18.3 Å². The molecule has 0 fully saturated rings. The van der Waals surface area contributed by atoms with Crippen molar-refractivity contribution in [2.24, 2.45) is 0 Å². The van der Waals surface area contributed by atoms with Gasteiger partial charge in [0.2, 0.25) is 5.91 Å². The molecule has 0 atom stereocenters. The van der Waals surface area contributed by atoms with Crippen LogP contribution in [0.25, 0.3) is 0 Å². The fourth-order valence-corrected chi connectivity index (χ4v) is 1.88. The highest BCUT2D eigenvalue weighted by atomic mass is 35.5. The second-order valence-electron chi connectivity index (χ2n) is 4.14. The van der Waals surface area contributed by atoms with Gasteiger partial charge in [-0.1, -0.05) is 29.8 Å². The topological polar surface area (TPSA) is 84.2 Å². The maximum atomic E-state index is 11.8. The number of aromatic nitrogens is 2. The Morgan fingerprint density at radius 1 is 1.35 bits per heavy atom. The van der Waals surface area contributed by atoms with Crippen molar-refractivity contribution in [1.29, 1.82) is 0 Å². The Morgan fingerprint density at radius 2 is 2.10 bits per heavy atom. The molecule has 104 valence electrons. The van der Waals surface area contributed by atoms with Crippen LogP contribution in [0.4, 0.5) is 5.69 Å². The van der Waals surface area contributed by atoms with E-state index in [4.69, 9.17) is 16.7 Å². The summed E-state index contributed by atoms with van der Waals surface area (Å²) in [5.74, 6) is -1.24. The van der Waals surface area contributed by atoms with Crippen LogP contribution in [0.1, 0.15) is 5.56 Å². The van der Waals surface area contributed by atoms with Crippen molar-refractivity contribution in [3.8, 4) is 0 Å². The molecule has 0 bridgehead atoms. The lowest BCUT2D eigenvalue weighted by molar-refractivity contribution is -0.137. The van der Waals surface area contributed by atoms with Crippen LogP contribution in [-0.4, -0.2) is 26.8 Å². The van der Waals surface area contributed by atoms with Gasteiger partial charge in [0, 0.05) is 11.2 Å². The van der Waals surface area contributed by atoms with Crippen molar-refractivity contribution >= 4 is 29.2 Å². The quantitative estimate of drug-likeness (QED) is 0.880. The first-order valence-electron chi connectivity index (χ1n) is 5.82. The first-order chi connectivity index (χ1) is 9.54. The summed E-state index contributed by atoms with van der Waals surface area (Å²) in [7, 11) is 0. The lowest BCUT2D eigenvalue weighted by atomic mass is 10.1. The van der Waals surface area contributed by atoms with E-state index >= 15 is 0 Å². The number of aliphatic carboxylic acids is 1. The molecular weight excluding hydrogens is 282 g/mol. The number of rotatable bonds is 5. The van der Waals surface area contributed by atoms with Gasteiger partial charge < -0.3 is 10.4 Å². The second-order valence-corrected chi connectivity index (χ2v) is 4.54. The maximum absolute atomic E-state index is 11.8. The van der Waals surface area contributed by atoms with Gasteiger partial charge in [-0.05, 0) is 11.6 Å². The van der Waals surface area contributed by atoms with E-state index in [1.807, 2.05) is 0 Å². The number of carbonyl (C=O) groups is 2. The summed E-state index contributed by atoms with van der Waals surface area (Å²) in [6.45, 7) is -0.250. The first-order valence-corrected chi connectivity index (χ1v) is 6.20. The maximum Gasteiger partial charge on any atom is 0.325 e. The Morgan fingerprint density at radius 3 is 2.80 bits per heavy atom. The molecule has 0 spiro atoms. The minimum absolute atomic E-state index is 0.143. The number of nitrogens with one attached hydrogen (secondary N) is 1. The van der Waals surface area contributed by atoms with Gasteiger partial charge >= 0.3 is 5.97 Å². The number of nitrogens with zero attached hydrogens (tertiary/aromatic N) is 2. The zero-order valence-electron chi connectivity index (χ0n) is 10.4. The van der Waals surface area contributed by atoms with Gasteiger partial charge in [0.15, 0.2) is 0 Å². The second kappa shape index (κ2) is 6.21. The van der Waals surface area contributed by atoms with Gasteiger partial charge in [-0.25, -0.2) is 0 Å². The highest BCUT2D eigenvalue weighted by Crippen LogP contribution is 2.16. The Kier molecular flexibility index (Phi) is 4.37. The van der Waals surface area contributed by atoms with Gasteiger partial charge in [0.25, 0.3) is 0 Å². The van der Waals surface area contributed by atoms with E-state index in [1.165, 1.54) is 17.1 Å². The Hall–Kier alpha value is -2.34. The van der Waals surface area contributed by atoms with Crippen LogP contribution < -0.4 is 5.32 Å². The minimum Gasteiger partial charge on any atom is -0.480 e. The number of halogens is 1. The van der Waals surface area contributed by atoms with E-state index in [9.17, 15) is 9.59 Å². The summed E-state index contributed by atoms with van der Waals surface area (Å²) in [5.41, 5.74) is 1.17. The number of carbonyl (C=O) groups excluding carboxylic acids is 1. The summed E-state index contributed by atoms with van der Waals surface area (Å²) in [6.07, 6.45) is 3.00. The predicted molar refractivity (Wildman–Crippen MR) is 73.6 cm³/mol. The third-order valence-electron chi connectivity index (χ3n) is 2.52. The number of anilines is 1. The summed E-state index contributed by atoms with van der Waals surface area (Å²) < 4.78 is 1.23. The molecule has 1 amide bonds. The third kappa shape index (κ3) is 3.83. The monoisotopic (exact) mass is 293 g/mol. The normalized spacial score (nSPS) is 10.2. The molecule has 2 aromatic rings. The van der Waals surface area contributed by atoms with Crippen LogP contribution in [0.5, 0.6) is 0 Å². The Bertz CT molecular complexity index is 639. The fraction of sp³-hybridized carbons (Fsp3) is 0.154. The molecular formula is C13H12ClN3O3. The van der Waals surface area contributed by atoms with E-state index in [-0.39, 0.29) is 18.9 Å². The summed E-state index contributed by atoms with van der Waals surface area (Å²) in [4.78, 5) is 22.4. The van der Waals surface area contributed by atoms with E-state index in [0.717, 1.165) is 5.56 Å².